The lowest BCUT2D eigenvalue weighted by Crippen LogP contribution is -2.34. The van der Waals surface area contributed by atoms with E-state index < -0.39 is 8.07 Å². The van der Waals surface area contributed by atoms with E-state index in [0.29, 0.717) is 12.7 Å². The van der Waals surface area contributed by atoms with Crippen molar-refractivity contribution in [3.8, 4) is 0 Å². The van der Waals surface area contributed by atoms with Crippen molar-refractivity contribution in [1.82, 2.24) is 14.5 Å². The van der Waals surface area contributed by atoms with Crippen LogP contribution in [0.25, 0.3) is 22.1 Å². The van der Waals surface area contributed by atoms with Gasteiger partial charge in [0, 0.05) is 51.3 Å². The van der Waals surface area contributed by atoms with E-state index in [-0.39, 0.29) is 0 Å². The van der Waals surface area contributed by atoms with Gasteiger partial charge >= 0.3 is 0 Å². The first kappa shape index (κ1) is 24.5. The van der Waals surface area contributed by atoms with Gasteiger partial charge in [0.05, 0.1) is 5.94 Å². The van der Waals surface area contributed by atoms with Crippen LogP contribution in [0.5, 0.6) is 0 Å². The van der Waals surface area contributed by atoms with Gasteiger partial charge in [-0.15, -0.1) is 0 Å². The van der Waals surface area contributed by atoms with Gasteiger partial charge in [-0.3, -0.25) is 4.57 Å². The van der Waals surface area contributed by atoms with Crippen LogP contribution < -0.4 is 4.90 Å². The fraction of sp³-hybridized carbons (Fsp3) is 0.600. The standard InChI is InChI=1S/C25H38N4O2SSi/c1-33(2,3)17-16-30-18-29-24-21(7-4-12-26-24)22-8-9-23(27-25(22)29)28-13-10-20(11-14-28)6-5-15-31-19-32/h4,7-9,12,20,32H,5-6,10-11,13-19H2,1-3H3. The Balaban J connectivity index is 1.48. The van der Waals surface area contributed by atoms with Crippen molar-refractivity contribution in [3.05, 3.63) is 30.5 Å². The molecule has 4 heterocycles. The van der Waals surface area contributed by atoms with Gasteiger partial charge in [0.15, 0.2) is 0 Å². The molecule has 0 N–H and O–H groups in total. The Bertz CT molecular complexity index is 1040. The molecule has 1 fully saturated rings. The lowest BCUT2D eigenvalue weighted by molar-refractivity contribution is 0.0922. The van der Waals surface area contributed by atoms with Gasteiger partial charge in [-0.25, -0.2) is 9.97 Å². The van der Waals surface area contributed by atoms with E-state index in [9.17, 15) is 0 Å². The summed E-state index contributed by atoms with van der Waals surface area (Å²) >= 11 is 4.11. The van der Waals surface area contributed by atoms with E-state index in [4.69, 9.17) is 14.5 Å². The molecule has 3 aromatic heterocycles. The Kier molecular flexibility index (Phi) is 8.32. The highest BCUT2D eigenvalue weighted by Gasteiger charge is 2.21. The maximum absolute atomic E-state index is 6.11. The highest BCUT2D eigenvalue weighted by Crippen LogP contribution is 2.30. The average Bonchev–Trinajstić information content (AvgIpc) is 3.12. The van der Waals surface area contributed by atoms with Gasteiger partial charge in [0.25, 0.3) is 0 Å². The molecule has 0 unspecified atom stereocenters. The largest absolute Gasteiger partial charge is 0.371 e. The number of nitrogens with zero attached hydrogens (tertiary/aromatic N) is 4. The van der Waals surface area contributed by atoms with Crippen molar-refractivity contribution in [1.29, 1.82) is 0 Å². The first-order valence-electron chi connectivity index (χ1n) is 12.2. The van der Waals surface area contributed by atoms with Crippen LogP contribution in [-0.4, -0.2) is 54.9 Å². The molecule has 0 bridgehead atoms. The number of anilines is 1. The number of aromatic nitrogens is 3. The summed E-state index contributed by atoms with van der Waals surface area (Å²) in [4.78, 5) is 12.2. The van der Waals surface area contributed by atoms with E-state index in [2.05, 4.69) is 64.9 Å². The van der Waals surface area contributed by atoms with Crippen LogP contribution >= 0.6 is 12.6 Å². The number of hydrogen-bond acceptors (Lipinski definition) is 6. The molecule has 0 spiro atoms. The number of piperidine rings is 1. The topological polar surface area (TPSA) is 52.4 Å². The zero-order valence-corrected chi connectivity index (χ0v) is 22.2. The number of hydrogen-bond donors (Lipinski definition) is 1. The van der Waals surface area contributed by atoms with Crippen molar-refractivity contribution in [3.63, 3.8) is 0 Å². The summed E-state index contributed by atoms with van der Waals surface area (Å²) < 4.78 is 13.6. The molecule has 180 valence electrons. The van der Waals surface area contributed by atoms with Gasteiger partial charge in [0.1, 0.15) is 23.8 Å². The van der Waals surface area contributed by atoms with Crippen LogP contribution in [0.2, 0.25) is 25.7 Å². The summed E-state index contributed by atoms with van der Waals surface area (Å²) in [6.45, 7) is 11.4. The minimum atomic E-state index is -1.12. The molecule has 0 atom stereocenters. The molecule has 1 aliphatic rings. The van der Waals surface area contributed by atoms with Crippen molar-refractivity contribution < 1.29 is 9.47 Å². The molecule has 0 radical (unpaired) electrons. The summed E-state index contributed by atoms with van der Waals surface area (Å²) in [7, 11) is -1.12. The molecular weight excluding hydrogens is 448 g/mol. The minimum Gasteiger partial charge on any atom is -0.371 e. The van der Waals surface area contributed by atoms with Crippen LogP contribution in [0.15, 0.2) is 30.5 Å². The Morgan fingerprint density at radius 3 is 2.58 bits per heavy atom. The van der Waals surface area contributed by atoms with E-state index in [0.717, 1.165) is 72.6 Å². The molecular formula is C25H38N4O2SSi. The molecule has 4 rings (SSSR count). The highest BCUT2D eigenvalue weighted by molar-refractivity contribution is 7.80. The van der Waals surface area contributed by atoms with Crippen LogP contribution in [0.1, 0.15) is 25.7 Å². The second-order valence-electron chi connectivity index (χ2n) is 10.3. The van der Waals surface area contributed by atoms with Crippen LogP contribution in [0, 0.1) is 5.92 Å². The third-order valence-corrected chi connectivity index (χ3v) is 8.48. The van der Waals surface area contributed by atoms with Gasteiger partial charge in [-0.1, -0.05) is 19.6 Å². The lowest BCUT2D eigenvalue weighted by atomic mass is 9.92. The van der Waals surface area contributed by atoms with Crippen molar-refractivity contribution in [2.45, 2.75) is 58.1 Å². The minimum absolute atomic E-state index is 0.494. The second-order valence-corrected chi connectivity index (χ2v) is 16.2. The Morgan fingerprint density at radius 1 is 1.03 bits per heavy atom. The third-order valence-electron chi connectivity index (χ3n) is 6.60. The summed E-state index contributed by atoms with van der Waals surface area (Å²) in [5, 5.41) is 2.29. The van der Waals surface area contributed by atoms with E-state index in [1.54, 1.807) is 0 Å². The highest BCUT2D eigenvalue weighted by atomic mass is 32.1. The van der Waals surface area contributed by atoms with E-state index in [1.165, 1.54) is 19.3 Å². The predicted molar refractivity (Wildman–Crippen MR) is 143 cm³/mol. The number of ether oxygens (including phenoxy) is 2. The smallest absolute Gasteiger partial charge is 0.146 e. The molecule has 6 nitrogen and oxygen atoms in total. The predicted octanol–water partition coefficient (Wildman–Crippen LogP) is 5.80. The van der Waals surface area contributed by atoms with Crippen molar-refractivity contribution >= 4 is 48.6 Å². The SMILES string of the molecule is C[Si](C)(C)CCOCn1c2ncccc2c2ccc(N3CCC(CCCOCS)CC3)nc21. The Morgan fingerprint density at radius 2 is 1.82 bits per heavy atom. The van der Waals surface area contributed by atoms with Gasteiger partial charge in [-0.05, 0) is 61.9 Å². The Hall–Kier alpha value is -1.61. The number of pyridine rings is 2. The summed E-state index contributed by atoms with van der Waals surface area (Å²) in [6.07, 6.45) is 6.64. The fourth-order valence-corrected chi connectivity index (χ4v) is 5.48. The van der Waals surface area contributed by atoms with Gasteiger partial charge < -0.3 is 14.4 Å². The molecule has 0 aliphatic carbocycles. The molecule has 0 amide bonds. The van der Waals surface area contributed by atoms with E-state index >= 15 is 0 Å². The Labute approximate surface area is 204 Å². The van der Waals surface area contributed by atoms with E-state index in [1.807, 2.05) is 12.3 Å². The zero-order valence-electron chi connectivity index (χ0n) is 20.3. The quantitative estimate of drug-likeness (QED) is 0.161. The monoisotopic (exact) mass is 486 g/mol. The average molecular weight is 487 g/mol. The third kappa shape index (κ3) is 6.29. The molecule has 1 aliphatic heterocycles. The molecule has 33 heavy (non-hydrogen) atoms. The van der Waals surface area contributed by atoms with Crippen LogP contribution in [0.3, 0.4) is 0 Å². The maximum Gasteiger partial charge on any atom is 0.146 e. The molecule has 3 aromatic rings. The molecule has 0 saturated carbocycles. The molecule has 8 heteroatoms. The first-order chi connectivity index (χ1) is 16.0. The second kappa shape index (κ2) is 11.2. The fourth-order valence-electron chi connectivity index (χ4n) is 4.60. The van der Waals surface area contributed by atoms with Gasteiger partial charge in [-0.2, -0.15) is 12.6 Å². The summed E-state index contributed by atoms with van der Waals surface area (Å²) in [5.41, 5.74) is 1.92. The number of thiol groups is 1. The molecule has 1 saturated heterocycles. The van der Waals surface area contributed by atoms with Crippen molar-refractivity contribution in [2.24, 2.45) is 5.92 Å². The zero-order chi connectivity index (χ0) is 23.3. The number of rotatable bonds is 11. The number of fused-ring (bicyclic) bond motifs is 3. The lowest BCUT2D eigenvalue weighted by Gasteiger charge is -2.33. The first-order valence-corrected chi connectivity index (χ1v) is 16.6. The summed E-state index contributed by atoms with van der Waals surface area (Å²) in [6, 6.07) is 9.67. The molecule has 0 aromatic carbocycles. The normalized spacial score (nSPS) is 15.7. The maximum atomic E-state index is 6.11. The summed E-state index contributed by atoms with van der Waals surface area (Å²) in [5.74, 6) is 2.36. The van der Waals surface area contributed by atoms with Gasteiger partial charge in [0.2, 0.25) is 0 Å². The van der Waals surface area contributed by atoms with Crippen LogP contribution in [-0.2, 0) is 16.2 Å². The van der Waals surface area contributed by atoms with Crippen molar-refractivity contribution in [2.75, 3.05) is 37.1 Å². The van der Waals surface area contributed by atoms with Crippen LogP contribution in [0.4, 0.5) is 5.82 Å².